The van der Waals surface area contributed by atoms with Crippen molar-refractivity contribution in [3.63, 3.8) is 0 Å². The zero-order chi connectivity index (χ0) is 56.0. The Balaban J connectivity index is 1.37. The van der Waals surface area contributed by atoms with Crippen LogP contribution in [0.2, 0.25) is 0 Å². The number of aromatic nitrogens is 4. The first-order valence-corrected chi connectivity index (χ1v) is 14.5. The van der Waals surface area contributed by atoms with Gasteiger partial charge in [-0.05, 0) is 79.0 Å². The lowest BCUT2D eigenvalue weighted by atomic mass is 10.0. The molecule has 0 atom stereocenters. The first-order valence-electron chi connectivity index (χ1n) is 28.0. The molecule has 0 radical (unpaired) electrons. The molecular weight excluding hydrogens is 597 g/mol. The average Bonchev–Trinajstić information content (AvgIpc) is 4.08. The molecule has 0 fully saturated rings. The van der Waals surface area contributed by atoms with Crippen LogP contribution in [0.4, 0.5) is 0 Å². The van der Waals surface area contributed by atoms with Gasteiger partial charge >= 0.3 is 0 Å². The Kier molecular flexibility index (Phi) is 2.61. The van der Waals surface area contributed by atoms with Crippen LogP contribution in [0.1, 0.15) is 42.6 Å². The molecule has 10 aromatic rings. The number of hydrogen-bond donors (Lipinski definition) is 0. The molecule has 0 aliphatic carbocycles. The summed E-state index contributed by atoms with van der Waals surface area (Å²) < 4.78 is 243. The summed E-state index contributed by atoms with van der Waals surface area (Å²) >= 11 is 0. The van der Waals surface area contributed by atoms with Crippen molar-refractivity contribution >= 4 is 54.5 Å². The third-order valence-electron chi connectivity index (χ3n) is 7.79. The van der Waals surface area contributed by atoms with Gasteiger partial charge in [-0.25, -0.2) is 9.97 Å². The summed E-state index contributed by atoms with van der Waals surface area (Å²) in [6.07, 6.45) is 0. The molecule has 7 aromatic carbocycles. The normalized spacial score (nSPS) is 19.5. The number of rotatable bonds is 4. The van der Waals surface area contributed by atoms with Crippen molar-refractivity contribution < 1.29 is 37.0 Å². The highest BCUT2D eigenvalue weighted by molar-refractivity contribution is 6.12. The fourth-order valence-corrected chi connectivity index (χ4v) is 5.71. The van der Waals surface area contributed by atoms with Gasteiger partial charge in [-0.15, -0.1) is 0 Å². The van der Waals surface area contributed by atoms with Crippen LogP contribution in [-0.4, -0.2) is 19.1 Å². The van der Waals surface area contributed by atoms with Crippen LogP contribution in [-0.2, 0) is 0 Å². The second kappa shape index (κ2) is 10.8. The van der Waals surface area contributed by atoms with Gasteiger partial charge < -0.3 is 9.13 Å². The Morgan fingerprint density at radius 3 is 1.65 bits per heavy atom. The van der Waals surface area contributed by atoms with Gasteiger partial charge in [0.15, 0.2) is 5.82 Å². The van der Waals surface area contributed by atoms with E-state index in [0.717, 1.165) is 9.13 Å². The summed E-state index contributed by atoms with van der Waals surface area (Å²) in [4.78, 5) is 8.76. The van der Waals surface area contributed by atoms with Crippen LogP contribution in [0, 0.1) is 6.92 Å². The lowest BCUT2D eigenvalue weighted by Crippen LogP contribution is -1.97. The summed E-state index contributed by atoms with van der Waals surface area (Å²) in [7, 11) is 0. The molecule has 0 N–H and O–H groups in total. The molecule has 0 saturated carbocycles. The van der Waals surface area contributed by atoms with Gasteiger partial charge in [0, 0.05) is 49.4 Å². The molecule has 3 heterocycles. The monoisotopic (exact) mass is 653 g/mol. The minimum Gasteiger partial charge on any atom is -0.309 e. The van der Waals surface area contributed by atoms with E-state index in [0.29, 0.717) is 0 Å². The van der Waals surface area contributed by atoms with E-state index in [1.165, 1.54) is 6.92 Å². The van der Waals surface area contributed by atoms with Gasteiger partial charge in [0.25, 0.3) is 0 Å². The van der Waals surface area contributed by atoms with Crippen molar-refractivity contribution in [3.05, 3.63) is 169 Å². The summed E-state index contributed by atoms with van der Waals surface area (Å²) in [5.74, 6) is -0.734. The highest BCUT2D eigenvalue weighted by Gasteiger charge is 2.17. The molecule has 0 amide bonds. The maximum absolute atomic E-state index is 9.86. The molecule has 0 aliphatic heterocycles. The van der Waals surface area contributed by atoms with Crippen molar-refractivity contribution in [1.29, 1.82) is 0 Å². The smallest absolute Gasteiger partial charge is 0.160 e. The molecule has 10 rings (SSSR count). The molecule has 4 nitrogen and oxygen atoms in total. The molecule has 0 spiro atoms. The third-order valence-corrected chi connectivity index (χ3v) is 7.79. The van der Waals surface area contributed by atoms with Crippen molar-refractivity contribution in [2.45, 2.75) is 6.92 Å². The standard InChI is InChI=1S/C45H30N4/c1-29-19-25-37-39(27-29)46-45(47-44(37)30-11-3-2-4-12-30)31-20-22-32(23-21-31)48-42-18-10-7-15-36(42)38-28-33(24-26-43(38)48)49-40-16-8-5-13-34(40)35-14-6-9-17-41(35)49/h2-28H,1H3/i2D,3D,4D,5D,6D,7D,8D,9D,10D,11D,12D,13D,14D,15D,16D,17D,18D,19D,20D,21D,22D,23D,24D,25D,26D,27D,28D. The number of benzene rings is 7. The number of fused-ring (bicyclic) bond motifs is 7. The summed E-state index contributed by atoms with van der Waals surface area (Å²) in [5.41, 5.74) is -6.51. The number of nitrogens with zero attached hydrogens (tertiary/aromatic N) is 4. The zero-order valence-electron chi connectivity index (χ0n) is 51.8. The van der Waals surface area contributed by atoms with Crippen LogP contribution < -0.4 is 0 Å². The van der Waals surface area contributed by atoms with E-state index in [-0.39, 0.29) is 5.56 Å². The predicted octanol–water partition coefficient (Wildman–Crippen LogP) is 11.5. The van der Waals surface area contributed by atoms with Gasteiger partial charge in [-0.2, -0.15) is 0 Å². The van der Waals surface area contributed by atoms with E-state index in [1.54, 1.807) is 0 Å². The van der Waals surface area contributed by atoms with Gasteiger partial charge in [0.1, 0.15) is 0 Å². The van der Waals surface area contributed by atoms with Gasteiger partial charge in [0.2, 0.25) is 0 Å². The number of para-hydroxylation sites is 3. The van der Waals surface area contributed by atoms with Crippen molar-refractivity contribution in [3.8, 4) is 34.0 Å². The lowest BCUT2D eigenvalue weighted by molar-refractivity contribution is 1.16. The fourth-order valence-electron chi connectivity index (χ4n) is 5.71. The summed E-state index contributed by atoms with van der Waals surface area (Å²) in [5, 5.41) is -2.49. The Bertz CT molecular complexity index is 4310. The average molecular weight is 654 g/mol. The second-order valence-electron chi connectivity index (χ2n) is 10.6. The van der Waals surface area contributed by atoms with E-state index in [2.05, 4.69) is 9.97 Å². The van der Waals surface area contributed by atoms with Crippen LogP contribution >= 0.6 is 0 Å². The first kappa shape index (κ1) is 11.9. The predicted molar refractivity (Wildman–Crippen MR) is 204 cm³/mol. The molecule has 0 aliphatic rings. The third kappa shape index (κ3) is 4.31. The molecule has 230 valence electrons. The van der Waals surface area contributed by atoms with Gasteiger partial charge in [-0.3, -0.25) is 0 Å². The highest BCUT2D eigenvalue weighted by atomic mass is 15.0. The van der Waals surface area contributed by atoms with Gasteiger partial charge in [0.05, 0.1) is 70.3 Å². The second-order valence-corrected chi connectivity index (χ2v) is 10.6. The molecule has 3 aromatic heterocycles. The first-order chi connectivity index (χ1) is 35.5. The Hall–Kier alpha value is -6.52. The Labute approximate surface area is 321 Å². The Morgan fingerprint density at radius 2 is 0.980 bits per heavy atom. The molecular formula is C45H30N4. The van der Waals surface area contributed by atoms with E-state index in [1.807, 2.05) is 0 Å². The molecule has 0 bridgehead atoms. The van der Waals surface area contributed by atoms with Crippen molar-refractivity contribution in [2.24, 2.45) is 0 Å². The van der Waals surface area contributed by atoms with E-state index in [9.17, 15) is 12.3 Å². The highest BCUT2D eigenvalue weighted by Crippen LogP contribution is 2.37. The van der Waals surface area contributed by atoms with Gasteiger partial charge in [-0.1, -0.05) is 96.7 Å². The van der Waals surface area contributed by atoms with Crippen LogP contribution in [0.15, 0.2) is 163 Å². The van der Waals surface area contributed by atoms with E-state index < -0.39 is 252 Å². The summed E-state index contributed by atoms with van der Waals surface area (Å²) in [6.45, 7) is 1.32. The maximum Gasteiger partial charge on any atom is 0.160 e. The molecule has 0 unspecified atom stereocenters. The quantitative estimate of drug-likeness (QED) is 0.189. The van der Waals surface area contributed by atoms with Crippen molar-refractivity contribution in [1.82, 2.24) is 19.1 Å². The topological polar surface area (TPSA) is 35.6 Å². The minimum atomic E-state index is -1.03. The maximum atomic E-state index is 9.86. The number of hydrogen-bond acceptors (Lipinski definition) is 2. The Morgan fingerprint density at radius 1 is 0.429 bits per heavy atom. The molecule has 0 saturated heterocycles. The lowest BCUT2D eigenvalue weighted by Gasteiger charge is -2.12. The SMILES string of the molecule is [2H]c1c([2H])c([2H])c(-c2nc(-c3c([2H])c([2H])c(-n4c5c([2H])c([2H])c([2H])c([2H])c5c5c([2H])c(-n6c7c([2H])c([2H])c([2H])c([2H])c7c7c([2H])c([2H])c([2H])c([2H])c76)c([2H])c([2H])c54)c([2H])c3[2H])nc3c([2H])c(C)c([2H])c([2H])c23)c([2H])c1[2H]. The van der Waals surface area contributed by atoms with E-state index in [4.69, 9.17) is 24.7 Å². The zero-order valence-corrected chi connectivity index (χ0v) is 24.8. The largest absolute Gasteiger partial charge is 0.309 e. The van der Waals surface area contributed by atoms with Crippen LogP contribution in [0.5, 0.6) is 0 Å². The van der Waals surface area contributed by atoms with Crippen LogP contribution in [0.3, 0.4) is 0 Å². The fraction of sp³-hybridized carbons (Fsp3) is 0.0222. The van der Waals surface area contributed by atoms with E-state index >= 15 is 0 Å². The molecule has 49 heavy (non-hydrogen) atoms. The molecule has 4 heteroatoms. The van der Waals surface area contributed by atoms with Crippen molar-refractivity contribution in [2.75, 3.05) is 0 Å². The summed E-state index contributed by atoms with van der Waals surface area (Å²) in [6, 6.07) is -22.7. The van der Waals surface area contributed by atoms with Crippen LogP contribution in [0.25, 0.3) is 88.5 Å². The minimum absolute atomic E-state index is 0.0937.